The smallest absolute Gasteiger partial charge is 0.248 e. The van der Waals surface area contributed by atoms with E-state index in [1.807, 2.05) is 18.2 Å². The topological polar surface area (TPSA) is 68.0 Å². The van der Waals surface area contributed by atoms with Crippen molar-refractivity contribution in [2.75, 3.05) is 5.32 Å². The number of aryl methyl sites for hydroxylation is 1. The molecule has 0 saturated heterocycles. The fourth-order valence-electron chi connectivity index (χ4n) is 1.95. The standard InChI is InChI=1S/C16H13N3O2/c1-11-18-14-4-3-13(10-15(14)21-11)19-16(20)5-2-12-6-8-17-9-7-12/h2-10H,1H3,(H,19,20)/b5-2+. The Morgan fingerprint density at radius 3 is 2.86 bits per heavy atom. The van der Waals surface area contributed by atoms with Crippen molar-refractivity contribution in [1.29, 1.82) is 0 Å². The number of oxazole rings is 1. The highest BCUT2D eigenvalue weighted by atomic mass is 16.3. The zero-order valence-corrected chi connectivity index (χ0v) is 11.4. The van der Waals surface area contributed by atoms with Gasteiger partial charge in [-0.3, -0.25) is 9.78 Å². The van der Waals surface area contributed by atoms with Gasteiger partial charge in [0.15, 0.2) is 11.5 Å². The molecule has 2 heterocycles. The van der Waals surface area contributed by atoms with Crippen molar-refractivity contribution in [2.45, 2.75) is 6.92 Å². The van der Waals surface area contributed by atoms with E-state index in [9.17, 15) is 4.79 Å². The van der Waals surface area contributed by atoms with E-state index in [4.69, 9.17) is 4.42 Å². The average molecular weight is 279 g/mol. The first kappa shape index (κ1) is 13.1. The van der Waals surface area contributed by atoms with E-state index in [-0.39, 0.29) is 5.91 Å². The van der Waals surface area contributed by atoms with Crippen LogP contribution >= 0.6 is 0 Å². The number of carbonyl (C=O) groups excluding carboxylic acids is 1. The highest BCUT2D eigenvalue weighted by molar-refractivity contribution is 6.02. The predicted octanol–water partition coefficient (Wildman–Crippen LogP) is 3.18. The summed E-state index contributed by atoms with van der Waals surface area (Å²) in [6, 6.07) is 9.02. The molecule has 0 bridgehead atoms. The monoisotopic (exact) mass is 279 g/mol. The number of amides is 1. The summed E-state index contributed by atoms with van der Waals surface area (Å²) in [4.78, 5) is 20.0. The van der Waals surface area contributed by atoms with Gasteiger partial charge in [-0.15, -0.1) is 0 Å². The largest absolute Gasteiger partial charge is 0.441 e. The number of anilines is 1. The highest BCUT2D eigenvalue weighted by Crippen LogP contribution is 2.19. The first-order chi connectivity index (χ1) is 10.2. The number of aromatic nitrogens is 2. The van der Waals surface area contributed by atoms with Crippen LogP contribution in [0.1, 0.15) is 11.5 Å². The Morgan fingerprint density at radius 1 is 1.24 bits per heavy atom. The van der Waals surface area contributed by atoms with Gasteiger partial charge in [-0.25, -0.2) is 4.98 Å². The lowest BCUT2D eigenvalue weighted by Gasteiger charge is -2.01. The normalized spacial score (nSPS) is 11.1. The van der Waals surface area contributed by atoms with Crippen LogP contribution in [0.3, 0.4) is 0 Å². The first-order valence-corrected chi connectivity index (χ1v) is 6.47. The fourth-order valence-corrected chi connectivity index (χ4v) is 1.95. The molecule has 1 N–H and O–H groups in total. The number of rotatable bonds is 3. The molecule has 0 radical (unpaired) electrons. The van der Waals surface area contributed by atoms with E-state index >= 15 is 0 Å². The molecule has 0 unspecified atom stereocenters. The third-order valence-electron chi connectivity index (χ3n) is 2.90. The Morgan fingerprint density at radius 2 is 2.05 bits per heavy atom. The third-order valence-corrected chi connectivity index (χ3v) is 2.90. The lowest BCUT2D eigenvalue weighted by atomic mass is 10.2. The van der Waals surface area contributed by atoms with E-state index < -0.39 is 0 Å². The van der Waals surface area contributed by atoms with Gasteiger partial charge in [0, 0.05) is 37.1 Å². The van der Waals surface area contributed by atoms with Crippen molar-refractivity contribution in [3.05, 3.63) is 60.3 Å². The van der Waals surface area contributed by atoms with Gasteiger partial charge in [0.2, 0.25) is 5.91 Å². The first-order valence-electron chi connectivity index (χ1n) is 6.47. The van der Waals surface area contributed by atoms with Gasteiger partial charge in [-0.2, -0.15) is 0 Å². The Balaban J connectivity index is 1.72. The van der Waals surface area contributed by atoms with Crippen molar-refractivity contribution >= 4 is 28.8 Å². The lowest BCUT2D eigenvalue weighted by Crippen LogP contribution is -2.07. The van der Waals surface area contributed by atoms with Crippen LogP contribution < -0.4 is 5.32 Å². The number of carbonyl (C=O) groups is 1. The SMILES string of the molecule is Cc1nc2ccc(NC(=O)/C=C/c3ccncc3)cc2o1. The predicted molar refractivity (Wildman–Crippen MR) is 80.6 cm³/mol. The summed E-state index contributed by atoms with van der Waals surface area (Å²) in [5.74, 6) is 0.397. The summed E-state index contributed by atoms with van der Waals surface area (Å²) >= 11 is 0. The number of pyridine rings is 1. The number of benzene rings is 1. The molecule has 5 nitrogen and oxygen atoms in total. The molecule has 104 valence electrons. The second-order valence-electron chi connectivity index (χ2n) is 4.52. The molecular weight excluding hydrogens is 266 g/mol. The van der Waals surface area contributed by atoms with E-state index in [1.54, 1.807) is 37.5 Å². The van der Waals surface area contributed by atoms with Gasteiger partial charge in [0.25, 0.3) is 0 Å². The molecule has 1 amide bonds. The summed E-state index contributed by atoms with van der Waals surface area (Å²) in [7, 11) is 0. The van der Waals surface area contributed by atoms with Crippen molar-refractivity contribution in [3.8, 4) is 0 Å². The summed E-state index contributed by atoms with van der Waals surface area (Å²) < 4.78 is 5.43. The summed E-state index contributed by atoms with van der Waals surface area (Å²) in [6.07, 6.45) is 6.56. The van der Waals surface area contributed by atoms with E-state index in [0.29, 0.717) is 17.2 Å². The molecule has 2 aromatic heterocycles. The lowest BCUT2D eigenvalue weighted by molar-refractivity contribution is -0.111. The van der Waals surface area contributed by atoms with E-state index in [2.05, 4.69) is 15.3 Å². The zero-order chi connectivity index (χ0) is 14.7. The number of fused-ring (bicyclic) bond motifs is 1. The molecule has 21 heavy (non-hydrogen) atoms. The van der Waals surface area contributed by atoms with Crippen LogP contribution in [-0.4, -0.2) is 15.9 Å². The van der Waals surface area contributed by atoms with Crippen LogP contribution in [0.5, 0.6) is 0 Å². The molecule has 1 aromatic carbocycles. The molecule has 0 spiro atoms. The number of hydrogen-bond acceptors (Lipinski definition) is 4. The van der Waals surface area contributed by atoms with Crippen LogP contribution in [0.4, 0.5) is 5.69 Å². The van der Waals surface area contributed by atoms with E-state index in [1.165, 1.54) is 6.08 Å². The van der Waals surface area contributed by atoms with Crippen LogP contribution in [0.15, 0.2) is 53.2 Å². The maximum absolute atomic E-state index is 11.9. The van der Waals surface area contributed by atoms with Crippen molar-refractivity contribution in [3.63, 3.8) is 0 Å². The number of hydrogen-bond donors (Lipinski definition) is 1. The molecule has 5 heteroatoms. The summed E-state index contributed by atoms with van der Waals surface area (Å²) in [5.41, 5.74) is 3.02. The van der Waals surface area contributed by atoms with Gasteiger partial charge in [-0.05, 0) is 35.9 Å². The molecule has 3 rings (SSSR count). The number of nitrogens with one attached hydrogen (secondary N) is 1. The molecule has 0 aliphatic rings. The van der Waals surface area contributed by atoms with Crippen LogP contribution in [-0.2, 0) is 4.79 Å². The molecule has 0 aliphatic carbocycles. The maximum Gasteiger partial charge on any atom is 0.248 e. The minimum Gasteiger partial charge on any atom is -0.441 e. The van der Waals surface area contributed by atoms with Gasteiger partial charge < -0.3 is 9.73 Å². The van der Waals surface area contributed by atoms with Gasteiger partial charge in [0.1, 0.15) is 5.52 Å². The minimum atomic E-state index is -0.206. The van der Waals surface area contributed by atoms with E-state index in [0.717, 1.165) is 11.1 Å². The maximum atomic E-state index is 11.9. The third kappa shape index (κ3) is 3.14. The number of nitrogens with zero attached hydrogens (tertiary/aromatic N) is 2. The van der Waals surface area contributed by atoms with Crippen LogP contribution in [0, 0.1) is 6.92 Å². The Kier molecular flexibility index (Phi) is 3.47. The van der Waals surface area contributed by atoms with Crippen molar-refractivity contribution < 1.29 is 9.21 Å². The van der Waals surface area contributed by atoms with Gasteiger partial charge in [0.05, 0.1) is 0 Å². The van der Waals surface area contributed by atoms with Gasteiger partial charge >= 0.3 is 0 Å². The minimum absolute atomic E-state index is 0.206. The quantitative estimate of drug-likeness (QED) is 0.748. The fraction of sp³-hybridized carbons (Fsp3) is 0.0625. The zero-order valence-electron chi connectivity index (χ0n) is 11.4. The molecule has 0 saturated carbocycles. The van der Waals surface area contributed by atoms with Crippen molar-refractivity contribution in [1.82, 2.24) is 9.97 Å². The molecule has 3 aromatic rings. The van der Waals surface area contributed by atoms with Crippen LogP contribution in [0.25, 0.3) is 17.2 Å². The molecule has 0 aliphatic heterocycles. The summed E-state index contributed by atoms with van der Waals surface area (Å²) in [6.45, 7) is 1.79. The molecule has 0 atom stereocenters. The van der Waals surface area contributed by atoms with Crippen molar-refractivity contribution in [2.24, 2.45) is 0 Å². The Hall–Kier alpha value is -2.95. The Labute approximate surface area is 121 Å². The second kappa shape index (κ2) is 5.58. The molecular formula is C16H13N3O2. The average Bonchev–Trinajstić information content (AvgIpc) is 2.85. The Bertz CT molecular complexity index is 807. The van der Waals surface area contributed by atoms with Gasteiger partial charge in [-0.1, -0.05) is 0 Å². The second-order valence-corrected chi connectivity index (χ2v) is 4.52. The molecule has 0 fully saturated rings. The van der Waals surface area contributed by atoms with Crippen LogP contribution in [0.2, 0.25) is 0 Å². The summed E-state index contributed by atoms with van der Waals surface area (Å²) in [5, 5.41) is 2.78. The highest BCUT2D eigenvalue weighted by Gasteiger charge is 2.04.